The minimum Gasteiger partial charge on any atom is -0.382 e. The molecule has 4 aromatic heterocycles. The Kier molecular flexibility index (Phi) is 32.0. The summed E-state index contributed by atoms with van der Waals surface area (Å²) in [5.74, 6) is 3.10. The minimum atomic E-state index is 0.0170. The highest BCUT2D eigenvalue weighted by atomic mass is 16.2. The molecular formula is C72H110N18O2. The Labute approximate surface area is 547 Å². The quantitative estimate of drug-likeness (QED) is 0.0160. The summed E-state index contributed by atoms with van der Waals surface area (Å²) in [6, 6.07) is 34.1. The first-order valence-corrected chi connectivity index (χ1v) is 34.5. The number of aromatic nitrogens is 6. The zero-order valence-electron chi connectivity index (χ0n) is 55.6. The van der Waals surface area contributed by atoms with E-state index >= 15 is 0 Å². The van der Waals surface area contributed by atoms with Gasteiger partial charge < -0.3 is 64.8 Å². The number of fused-ring (bicyclic) bond motifs is 6. The van der Waals surface area contributed by atoms with Gasteiger partial charge in [-0.15, -0.1) is 0 Å². The van der Waals surface area contributed by atoms with E-state index in [4.69, 9.17) is 44.4 Å². The molecule has 0 bridgehead atoms. The third kappa shape index (κ3) is 23.2. The first kappa shape index (κ1) is 72.3. The number of unbranched alkanes of at least 4 members (excludes halogenated alkanes) is 6. The minimum absolute atomic E-state index is 0.0170. The second kappa shape index (κ2) is 40.8. The Morgan fingerprint density at radius 1 is 0.424 bits per heavy atom. The van der Waals surface area contributed by atoms with Crippen molar-refractivity contribution in [1.29, 1.82) is 0 Å². The molecule has 2 amide bonds. The fourth-order valence-corrected chi connectivity index (χ4v) is 11.7. The summed E-state index contributed by atoms with van der Waals surface area (Å²) in [6.07, 6.45) is 17.2. The third-order valence-electron chi connectivity index (χ3n) is 16.9. The molecule has 20 nitrogen and oxygen atoms in total. The molecule has 0 fully saturated rings. The molecule has 0 atom stereocenters. The molecule has 0 aliphatic carbocycles. The molecule has 500 valence electrons. The first-order chi connectivity index (χ1) is 45.1. The average molecular weight is 1260 g/mol. The van der Waals surface area contributed by atoms with Crippen LogP contribution in [0.25, 0.3) is 43.9 Å². The van der Waals surface area contributed by atoms with Gasteiger partial charge in [-0.2, -0.15) is 0 Å². The van der Waals surface area contributed by atoms with Gasteiger partial charge in [0.25, 0.3) is 0 Å². The van der Waals surface area contributed by atoms with Crippen LogP contribution in [0.15, 0.2) is 97.1 Å². The molecule has 92 heavy (non-hydrogen) atoms. The summed E-state index contributed by atoms with van der Waals surface area (Å²) in [5, 5.41) is 15.3. The van der Waals surface area contributed by atoms with Crippen LogP contribution in [0.4, 0.5) is 11.6 Å². The maximum absolute atomic E-state index is 12.5. The summed E-state index contributed by atoms with van der Waals surface area (Å²) < 4.78 is 4.67. The molecule has 16 N–H and O–H groups in total. The second-order valence-corrected chi connectivity index (χ2v) is 24.4. The van der Waals surface area contributed by atoms with E-state index in [0.717, 1.165) is 235 Å². The van der Waals surface area contributed by atoms with Gasteiger partial charge in [-0.3, -0.25) is 19.4 Å². The van der Waals surface area contributed by atoms with E-state index in [1.165, 1.54) is 11.1 Å². The molecule has 0 spiro atoms. The lowest BCUT2D eigenvalue weighted by atomic mass is 10.1. The second-order valence-electron chi connectivity index (χ2n) is 24.4. The lowest BCUT2D eigenvalue weighted by Gasteiger charge is -2.23. The molecule has 0 unspecified atom stereocenters. The number of rotatable bonds is 44. The van der Waals surface area contributed by atoms with E-state index in [1.807, 2.05) is 30.3 Å². The van der Waals surface area contributed by atoms with Gasteiger partial charge in [-0.25, -0.2) is 19.9 Å². The highest BCUT2D eigenvalue weighted by molar-refractivity contribution is 6.07. The average Bonchev–Trinajstić information content (AvgIpc) is 1.59. The monoisotopic (exact) mass is 1260 g/mol. The lowest BCUT2D eigenvalue weighted by molar-refractivity contribution is -0.121. The van der Waals surface area contributed by atoms with Gasteiger partial charge in [-0.05, 0) is 177 Å². The summed E-state index contributed by atoms with van der Waals surface area (Å²) in [5.41, 5.74) is 45.6. The molecule has 8 aromatic rings. The number of carbonyl (C=O) groups excluding carboxylic acids is 2. The SMILES string of the molecule is CCCCc1nc2c(N)nc3ccccc3c2n1Cc1ccc(CN(CCC(=O)NCCCCN)CCC(=O)NCCCCN)cc1.CCCCc1nc2c(N)nc3ccccc3c2n1Cc1ccc(CN(CCCNCCCCN)CCCNCCCCN)cc1. The zero-order valence-corrected chi connectivity index (χ0v) is 55.6. The Bertz CT molecular complexity index is 3370. The molecule has 4 heterocycles. The van der Waals surface area contributed by atoms with Crippen LogP contribution in [-0.4, -0.2) is 142 Å². The number of aryl methyl sites for hydroxylation is 2. The van der Waals surface area contributed by atoms with Gasteiger partial charge in [0, 0.05) is 88.8 Å². The van der Waals surface area contributed by atoms with Crippen molar-refractivity contribution in [3.8, 4) is 0 Å². The molecule has 0 saturated heterocycles. The highest BCUT2D eigenvalue weighted by Gasteiger charge is 2.20. The van der Waals surface area contributed by atoms with Crippen LogP contribution < -0.4 is 55.7 Å². The van der Waals surface area contributed by atoms with Crippen molar-refractivity contribution in [2.24, 2.45) is 22.9 Å². The molecule has 0 aliphatic heterocycles. The largest absolute Gasteiger partial charge is 0.382 e. The van der Waals surface area contributed by atoms with Crippen molar-refractivity contribution >= 4 is 67.3 Å². The Morgan fingerprint density at radius 3 is 1.17 bits per heavy atom. The van der Waals surface area contributed by atoms with E-state index in [2.05, 4.69) is 131 Å². The highest BCUT2D eigenvalue weighted by Crippen LogP contribution is 2.32. The van der Waals surface area contributed by atoms with Crippen molar-refractivity contribution in [2.75, 3.05) is 103 Å². The van der Waals surface area contributed by atoms with Crippen molar-refractivity contribution in [3.63, 3.8) is 0 Å². The predicted molar refractivity (Wildman–Crippen MR) is 381 cm³/mol. The number of anilines is 2. The van der Waals surface area contributed by atoms with Gasteiger partial charge in [0.1, 0.15) is 22.7 Å². The number of para-hydroxylation sites is 2. The van der Waals surface area contributed by atoms with Crippen LogP contribution in [0.2, 0.25) is 0 Å². The third-order valence-corrected chi connectivity index (χ3v) is 16.9. The number of nitrogens with one attached hydrogen (secondary N) is 4. The molecule has 0 aliphatic rings. The Balaban J connectivity index is 0.000000261. The molecule has 0 saturated carbocycles. The summed E-state index contributed by atoms with van der Waals surface area (Å²) in [7, 11) is 0. The van der Waals surface area contributed by atoms with Crippen LogP contribution in [-0.2, 0) is 48.6 Å². The molecule has 0 radical (unpaired) electrons. The number of amides is 2. The molecule has 8 rings (SSSR count). The number of nitrogens with zero attached hydrogens (tertiary/aromatic N) is 8. The number of hydrogen-bond donors (Lipinski definition) is 10. The normalized spacial score (nSPS) is 11.7. The van der Waals surface area contributed by atoms with Gasteiger partial charge in [0.15, 0.2) is 11.6 Å². The molecule has 4 aromatic carbocycles. The number of imidazole rings is 2. The summed E-state index contributed by atoms with van der Waals surface area (Å²) in [6.45, 7) is 19.0. The maximum atomic E-state index is 12.5. The zero-order chi connectivity index (χ0) is 65.1. The van der Waals surface area contributed by atoms with Crippen LogP contribution >= 0.6 is 0 Å². The topological polar surface area (TPSA) is 306 Å². The maximum Gasteiger partial charge on any atom is 0.221 e. The van der Waals surface area contributed by atoms with Gasteiger partial charge >= 0.3 is 0 Å². The van der Waals surface area contributed by atoms with Crippen LogP contribution in [0.3, 0.4) is 0 Å². The summed E-state index contributed by atoms with van der Waals surface area (Å²) >= 11 is 0. The van der Waals surface area contributed by atoms with Crippen molar-refractivity contribution in [2.45, 2.75) is 156 Å². The fraction of sp³-hybridized carbons (Fsp3) is 0.528. The number of hydrogen-bond acceptors (Lipinski definition) is 16. The Hall–Kier alpha value is -7.14. The van der Waals surface area contributed by atoms with E-state index in [9.17, 15) is 9.59 Å². The van der Waals surface area contributed by atoms with Gasteiger partial charge in [-0.1, -0.05) is 112 Å². The Morgan fingerprint density at radius 2 is 0.783 bits per heavy atom. The van der Waals surface area contributed by atoms with Gasteiger partial charge in [0.05, 0.1) is 22.1 Å². The fourth-order valence-electron chi connectivity index (χ4n) is 11.7. The number of pyridine rings is 2. The van der Waals surface area contributed by atoms with E-state index in [0.29, 0.717) is 76.8 Å². The number of benzene rings is 4. The predicted octanol–water partition coefficient (Wildman–Crippen LogP) is 8.65. The van der Waals surface area contributed by atoms with Crippen molar-refractivity contribution in [1.82, 2.24) is 60.1 Å². The van der Waals surface area contributed by atoms with E-state index in [-0.39, 0.29) is 11.8 Å². The first-order valence-electron chi connectivity index (χ1n) is 34.5. The van der Waals surface area contributed by atoms with Gasteiger partial charge in [0.2, 0.25) is 11.8 Å². The molecule has 20 heteroatoms. The number of nitrogen functional groups attached to an aromatic ring is 2. The van der Waals surface area contributed by atoms with Crippen molar-refractivity contribution < 1.29 is 9.59 Å². The lowest BCUT2D eigenvalue weighted by Crippen LogP contribution is -2.34. The summed E-state index contributed by atoms with van der Waals surface area (Å²) in [4.78, 5) is 49.1. The van der Waals surface area contributed by atoms with Crippen LogP contribution in [0.1, 0.15) is 150 Å². The van der Waals surface area contributed by atoms with Crippen molar-refractivity contribution in [3.05, 3.63) is 131 Å². The standard InChI is InChI=1S/C36H53N9O2.C36H57N9/c1-2-3-12-31-43-34-35(29-10-4-5-11-30(29)42-36(34)39)45(31)26-28-15-13-27(14-16-28)25-44(23-17-32(46)40-21-8-6-19-37)24-18-33(47)41-22-9-7-20-38;1-2-3-14-33-43-34-35(31-12-4-5-13-32(31)42-36(34)39)45(33)28-30-17-15-29(16-18-30)27-44(25-10-23-40-21-8-6-19-37)26-11-24-41-22-9-7-20-38/h4-5,10-11,13-16H,2-3,6-9,12,17-26,37-38H2,1H3,(H2,39,42)(H,40,46)(H,41,47);4-5,12-13,15-18,40-41H,2-3,6-11,14,19-28,37-38H2,1H3,(H2,39,42). The smallest absolute Gasteiger partial charge is 0.221 e. The number of carbonyl (C=O) groups is 2. The molecular weight excluding hydrogens is 1150 g/mol. The van der Waals surface area contributed by atoms with Crippen LogP contribution in [0.5, 0.6) is 0 Å². The van der Waals surface area contributed by atoms with E-state index < -0.39 is 0 Å². The van der Waals surface area contributed by atoms with E-state index in [1.54, 1.807) is 0 Å². The van der Waals surface area contributed by atoms with Crippen LogP contribution in [0, 0.1) is 0 Å². The number of nitrogens with two attached hydrogens (primary N) is 6.